The van der Waals surface area contributed by atoms with Crippen molar-refractivity contribution in [1.29, 1.82) is 0 Å². The lowest BCUT2D eigenvalue weighted by molar-refractivity contribution is -0.141. The second-order valence-electron chi connectivity index (χ2n) is 4.94. The van der Waals surface area contributed by atoms with Gasteiger partial charge >= 0.3 is 6.18 Å². The van der Waals surface area contributed by atoms with E-state index in [0.29, 0.717) is 6.54 Å². The third-order valence-electron chi connectivity index (χ3n) is 3.36. The van der Waals surface area contributed by atoms with E-state index >= 15 is 0 Å². The number of hydrogen-bond acceptors (Lipinski definition) is 5. The lowest BCUT2D eigenvalue weighted by Gasteiger charge is -2.23. The largest absolute Gasteiger partial charge is 0.433 e. The molecule has 0 atom stereocenters. The van der Waals surface area contributed by atoms with Gasteiger partial charge in [-0.1, -0.05) is 0 Å². The van der Waals surface area contributed by atoms with Gasteiger partial charge in [-0.05, 0) is 25.9 Å². The fourth-order valence-corrected chi connectivity index (χ4v) is 2.21. The second kappa shape index (κ2) is 5.82. The molecule has 0 unspecified atom stereocenters. The third kappa shape index (κ3) is 3.72. The zero-order chi connectivity index (χ0) is 14.8. The first-order chi connectivity index (χ1) is 9.36. The maximum Gasteiger partial charge on any atom is 0.433 e. The average molecular weight is 289 g/mol. The molecule has 2 rings (SSSR count). The third-order valence-corrected chi connectivity index (χ3v) is 3.36. The van der Waals surface area contributed by atoms with Gasteiger partial charge in [0.15, 0.2) is 5.69 Å². The number of nitrogen functional groups attached to an aromatic ring is 1. The number of likely N-dealkylation sites (N-methyl/N-ethyl adjacent to an activating group) is 1. The maximum atomic E-state index is 12.7. The van der Waals surface area contributed by atoms with Gasteiger partial charge < -0.3 is 15.5 Å². The summed E-state index contributed by atoms with van der Waals surface area (Å²) in [5, 5.41) is 0. The number of alkyl halides is 3. The van der Waals surface area contributed by atoms with Gasteiger partial charge in [0.1, 0.15) is 5.82 Å². The van der Waals surface area contributed by atoms with Crippen LogP contribution in [0.5, 0.6) is 0 Å². The van der Waals surface area contributed by atoms with Crippen molar-refractivity contribution in [3.8, 4) is 0 Å². The predicted molar refractivity (Wildman–Crippen MR) is 70.4 cm³/mol. The summed E-state index contributed by atoms with van der Waals surface area (Å²) in [6, 6.07) is 0.931. The Morgan fingerprint density at radius 1 is 1.30 bits per heavy atom. The molecule has 0 bridgehead atoms. The van der Waals surface area contributed by atoms with E-state index in [1.165, 1.54) is 12.8 Å². The molecule has 5 nitrogen and oxygen atoms in total. The number of aromatic nitrogens is 2. The molecule has 1 fully saturated rings. The molecule has 0 amide bonds. The molecule has 0 aromatic carbocycles. The molecule has 112 valence electrons. The smallest absolute Gasteiger partial charge is 0.368 e. The quantitative estimate of drug-likeness (QED) is 0.912. The fraction of sp³-hybridized carbons (Fsp3) is 0.667. The average Bonchev–Trinajstić information content (AvgIpc) is 2.87. The second-order valence-corrected chi connectivity index (χ2v) is 4.94. The molecule has 1 aromatic rings. The summed E-state index contributed by atoms with van der Waals surface area (Å²) in [5.74, 6) is -0.160. The molecule has 0 saturated carbocycles. The lowest BCUT2D eigenvalue weighted by Crippen LogP contribution is -2.32. The highest BCUT2D eigenvalue weighted by Crippen LogP contribution is 2.29. The molecule has 1 saturated heterocycles. The Bertz CT molecular complexity index is 457. The SMILES string of the molecule is CN(CCN1CCCC1)c1cc(C(F)(F)F)nc(N)n1. The number of nitrogens with zero attached hydrogens (tertiary/aromatic N) is 4. The summed E-state index contributed by atoms with van der Waals surface area (Å²) in [5.41, 5.74) is 4.35. The number of anilines is 2. The number of hydrogen-bond donors (Lipinski definition) is 1. The van der Waals surface area contributed by atoms with E-state index in [4.69, 9.17) is 5.73 Å². The van der Waals surface area contributed by atoms with Crippen molar-refractivity contribution in [2.75, 3.05) is 43.9 Å². The number of nitrogens with two attached hydrogens (primary N) is 1. The van der Waals surface area contributed by atoms with Crippen molar-refractivity contribution >= 4 is 11.8 Å². The van der Waals surface area contributed by atoms with Gasteiger partial charge in [-0.15, -0.1) is 0 Å². The monoisotopic (exact) mass is 289 g/mol. The molecule has 0 aliphatic carbocycles. The minimum Gasteiger partial charge on any atom is -0.368 e. The van der Waals surface area contributed by atoms with Crippen LogP contribution in [0.25, 0.3) is 0 Å². The Kier molecular flexibility index (Phi) is 4.32. The molecule has 1 aliphatic heterocycles. The van der Waals surface area contributed by atoms with Crippen molar-refractivity contribution in [3.63, 3.8) is 0 Å². The minimum atomic E-state index is -4.51. The van der Waals surface area contributed by atoms with E-state index in [0.717, 1.165) is 25.7 Å². The van der Waals surface area contributed by atoms with E-state index in [1.807, 2.05) is 0 Å². The topological polar surface area (TPSA) is 58.3 Å². The van der Waals surface area contributed by atoms with Crippen molar-refractivity contribution < 1.29 is 13.2 Å². The van der Waals surface area contributed by atoms with Crippen LogP contribution >= 0.6 is 0 Å². The Balaban J connectivity index is 2.04. The van der Waals surface area contributed by atoms with Gasteiger partial charge in [0.25, 0.3) is 0 Å². The molecule has 0 spiro atoms. The highest BCUT2D eigenvalue weighted by molar-refractivity contribution is 5.43. The first kappa shape index (κ1) is 14.8. The van der Waals surface area contributed by atoms with Gasteiger partial charge in [0.2, 0.25) is 5.95 Å². The Hall–Kier alpha value is -1.57. The molecular formula is C12H18F3N5. The zero-order valence-corrected chi connectivity index (χ0v) is 11.3. The lowest BCUT2D eigenvalue weighted by atomic mass is 10.3. The van der Waals surface area contributed by atoms with Crippen LogP contribution in [0.4, 0.5) is 24.9 Å². The van der Waals surface area contributed by atoms with Crippen LogP contribution in [0.1, 0.15) is 18.5 Å². The van der Waals surface area contributed by atoms with Crippen LogP contribution in [0.2, 0.25) is 0 Å². The number of likely N-dealkylation sites (tertiary alicyclic amines) is 1. The summed E-state index contributed by atoms with van der Waals surface area (Å²) >= 11 is 0. The molecule has 1 aliphatic rings. The van der Waals surface area contributed by atoms with E-state index in [-0.39, 0.29) is 11.8 Å². The summed E-state index contributed by atoms with van der Waals surface area (Å²) in [7, 11) is 1.71. The molecule has 2 N–H and O–H groups in total. The van der Waals surface area contributed by atoms with Gasteiger partial charge in [0.05, 0.1) is 0 Å². The highest BCUT2D eigenvalue weighted by atomic mass is 19.4. The van der Waals surface area contributed by atoms with Crippen molar-refractivity contribution in [2.24, 2.45) is 0 Å². The van der Waals surface area contributed by atoms with Gasteiger partial charge in [-0.3, -0.25) is 0 Å². The van der Waals surface area contributed by atoms with Gasteiger partial charge in [-0.2, -0.15) is 18.2 Å². The normalized spacial score (nSPS) is 16.6. The number of halogens is 3. The standard InChI is InChI=1S/C12H18F3N5/c1-19(6-7-20-4-2-3-5-20)10-8-9(12(13,14)15)17-11(16)18-10/h8H,2-7H2,1H3,(H2,16,17,18). The molecule has 2 heterocycles. The Labute approximate surface area is 115 Å². The Morgan fingerprint density at radius 2 is 1.95 bits per heavy atom. The summed E-state index contributed by atoms with van der Waals surface area (Å²) in [6.45, 7) is 3.51. The van der Waals surface area contributed by atoms with Crippen molar-refractivity contribution in [2.45, 2.75) is 19.0 Å². The molecule has 0 radical (unpaired) electrons. The van der Waals surface area contributed by atoms with E-state index < -0.39 is 11.9 Å². The van der Waals surface area contributed by atoms with Crippen LogP contribution in [-0.2, 0) is 6.18 Å². The van der Waals surface area contributed by atoms with E-state index in [9.17, 15) is 13.2 Å². The molecule has 20 heavy (non-hydrogen) atoms. The van der Waals surface area contributed by atoms with Crippen molar-refractivity contribution in [3.05, 3.63) is 11.8 Å². The molecular weight excluding hydrogens is 271 g/mol. The minimum absolute atomic E-state index is 0.198. The molecule has 8 heteroatoms. The summed E-state index contributed by atoms with van der Waals surface area (Å²) < 4.78 is 38.0. The van der Waals surface area contributed by atoms with Crippen LogP contribution < -0.4 is 10.6 Å². The number of rotatable bonds is 4. The van der Waals surface area contributed by atoms with Gasteiger partial charge in [0, 0.05) is 26.2 Å². The first-order valence-corrected chi connectivity index (χ1v) is 6.51. The molecule has 1 aromatic heterocycles. The Morgan fingerprint density at radius 3 is 2.55 bits per heavy atom. The van der Waals surface area contributed by atoms with Gasteiger partial charge in [-0.25, -0.2) is 4.98 Å². The van der Waals surface area contributed by atoms with Crippen LogP contribution in [0.15, 0.2) is 6.07 Å². The van der Waals surface area contributed by atoms with Crippen LogP contribution in [0.3, 0.4) is 0 Å². The van der Waals surface area contributed by atoms with E-state index in [1.54, 1.807) is 11.9 Å². The zero-order valence-electron chi connectivity index (χ0n) is 11.3. The van der Waals surface area contributed by atoms with Crippen LogP contribution in [0, 0.1) is 0 Å². The fourth-order valence-electron chi connectivity index (χ4n) is 2.21. The maximum absolute atomic E-state index is 12.7. The predicted octanol–water partition coefficient (Wildman–Crippen LogP) is 1.61. The highest BCUT2D eigenvalue weighted by Gasteiger charge is 2.33. The first-order valence-electron chi connectivity index (χ1n) is 6.51. The van der Waals surface area contributed by atoms with E-state index in [2.05, 4.69) is 14.9 Å². The van der Waals surface area contributed by atoms with Crippen molar-refractivity contribution in [1.82, 2.24) is 14.9 Å². The van der Waals surface area contributed by atoms with Crippen LogP contribution in [-0.4, -0.2) is 48.1 Å². The summed E-state index contributed by atoms with van der Waals surface area (Å²) in [4.78, 5) is 11.1. The summed E-state index contributed by atoms with van der Waals surface area (Å²) in [6.07, 6.45) is -2.15.